The van der Waals surface area contributed by atoms with Crippen LogP contribution in [0.3, 0.4) is 0 Å². The Morgan fingerprint density at radius 2 is 1.94 bits per heavy atom. The minimum absolute atomic E-state index is 0.0573. The summed E-state index contributed by atoms with van der Waals surface area (Å²) in [6, 6.07) is 12.2. The molecule has 158 valence electrons. The summed E-state index contributed by atoms with van der Waals surface area (Å²) in [5, 5.41) is 5.09. The molecule has 0 saturated heterocycles. The monoisotopic (exact) mass is 435 g/mol. The van der Waals surface area contributed by atoms with Crippen molar-refractivity contribution in [2.24, 2.45) is 0 Å². The lowest BCUT2D eigenvalue weighted by molar-refractivity contribution is -0.131. The summed E-state index contributed by atoms with van der Waals surface area (Å²) in [5.41, 5.74) is 3.21. The quantitative estimate of drug-likeness (QED) is 0.489. The van der Waals surface area contributed by atoms with Gasteiger partial charge in [-0.25, -0.2) is 4.98 Å². The van der Waals surface area contributed by atoms with Crippen LogP contribution in [-0.4, -0.2) is 29.8 Å². The summed E-state index contributed by atoms with van der Waals surface area (Å²) in [5.74, 6) is -0.438. The van der Waals surface area contributed by atoms with Crippen molar-refractivity contribution < 1.29 is 19.1 Å². The van der Waals surface area contributed by atoms with Crippen LogP contribution in [0, 0.1) is 0 Å². The van der Waals surface area contributed by atoms with Crippen molar-refractivity contribution in [3.05, 3.63) is 59.0 Å². The van der Waals surface area contributed by atoms with E-state index in [2.05, 4.69) is 10.3 Å². The highest BCUT2D eigenvalue weighted by Crippen LogP contribution is 2.42. The van der Waals surface area contributed by atoms with Crippen LogP contribution in [0.25, 0.3) is 11.3 Å². The Morgan fingerprint density at radius 1 is 1.16 bits per heavy atom. The Hall–Kier alpha value is -3.52. The highest BCUT2D eigenvalue weighted by molar-refractivity contribution is 7.14. The summed E-state index contributed by atoms with van der Waals surface area (Å²) < 4.78 is 5.03. The fourth-order valence-electron chi connectivity index (χ4n) is 3.63. The molecule has 2 aromatic carbocycles. The second-order valence-corrected chi connectivity index (χ2v) is 8.69. The van der Waals surface area contributed by atoms with E-state index in [9.17, 15) is 14.4 Å². The number of hydrogen-bond acceptors (Lipinski definition) is 6. The van der Waals surface area contributed by atoms with Crippen molar-refractivity contribution in [3.8, 4) is 17.0 Å². The number of hydrogen-bond donors (Lipinski definition) is 1. The summed E-state index contributed by atoms with van der Waals surface area (Å²) in [6.07, 6.45) is 0. The van der Waals surface area contributed by atoms with Crippen molar-refractivity contribution in [1.82, 2.24) is 4.98 Å². The minimum atomic E-state index is -0.597. The van der Waals surface area contributed by atoms with Gasteiger partial charge in [0.2, 0.25) is 5.91 Å². The first-order valence-electron chi connectivity index (χ1n) is 9.65. The predicted octanol–water partition coefficient (Wildman–Crippen LogP) is 4.24. The Labute approximate surface area is 183 Å². The Bertz CT molecular complexity index is 1220. The number of carbonyl (C=O) groups is 3. The van der Waals surface area contributed by atoms with E-state index >= 15 is 0 Å². The van der Waals surface area contributed by atoms with Gasteiger partial charge < -0.3 is 9.64 Å². The van der Waals surface area contributed by atoms with Crippen molar-refractivity contribution in [2.75, 3.05) is 17.3 Å². The molecule has 0 bridgehead atoms. The molecule has 0 radical (unpaired) electrons. The maximum Gasteiger partial charge on any atom is 0.308 e. The van der Waals surface area contributed by atoms with E-state index in [1.807, 2.05) is 37.4 Å². The van der Waals surface area contributed by atoms with Gasteiger partial charge in [-0.15, -0.1) is 11.3 Å². The molecule has 3 aromatic rings. The summed E-state index contributed by atoms with van der Waals surface area (Å²) in [6.45, 7) is 5.13. The summed E-state index contributed by atoms with van der Waals surface area (Å²) in [7, 11) is 1.78. The maximum absolute atomic E-state index is 12.6. The average Bonchev–Trinajstić information content (AvgIpc) is 3.25. The van der Waals surface area contributed by atoms with E-state index in [-0.39, 0.29) is 11.8 Å². The van der Waals surface area contributed by atoms with E-state index in [1.54, 1.807) is 30.1 Å². The van der Waals surface area contributed by atoms with Crippen molar-refractivity contribution in [1.29, 1.82) is 0 Å². The number of esters is 1. The average molecular weight is 436 g/mol. The highest BCUT2D eigenvalue weighted by Gasteiger charge is 2.42. The molecule has 4 rings (SSSR count). The molecule has 1 aliphatic rings. The first-order valence-corrected chi connectivity index (χ1v) is 10.5. The number of nitrogens with one attached hydrogen (secondary N) is 1. The molecule has 8 heteroatoms. The van der Waals surface area contributed by atoms with Crippen LogP contribution in [0.1, 0.15) is 36.7 Å². The van der Waals surface area contributed by atoms with Gasteiger partial charge in [-0.2, -0.15) is 0 Å². The number of amides is 2. The van der Waals surface area contributed by atoms with E-state index in [4.69, 9.17) is 4.74 Å². The number of benzene rings is 2. The zero-order chi connectivity index (χ0) is 22.3. The molecular weight excluding hydrogens is 414 g/mol. The molecular formula is C23H21N3O4S. The third kappa shape index (κ3) is 3.82. The van der Waals surface area contributed by atoms with Gasteiger partial charge in [-0.1, -0.05) is 12.1 Å². The molecule has 7 nitrogen and oxygen atoms in total. The normalized spacial score (nSPS) is 14.3. The number of carbonyl (C=O) groups excluding carboxylic acids is 3. The smallest absolute Gasteiger partial charge is 0.308 e. The van der Waals surface area contributed by atoms with Gasteiger partial charge in [-0.05, 0) is 49.7 Å². The predicted molar refractivity (Wildman–Crippen MR) is 120 cm³/mol. The Balaban J connectivity index is 1.55. The Kier molecular flexibility index (Phi) is 5.10. The van der Waals surface area contributed by atoms with Crippen molar-refractivity contribution in [3.63, 3.8) is 0 Å². The van der Waals surface area contributed by atoms with Crippen LogP contribution in [-0.2, 0) is 15.0 Å². The highest BCUT2D eigenvalue weighted by atomic mass is 32.1. The summed E-state index contributed by atoms with van der Waals surface area (Å²) in [4.78, 5) is 42.4. The number of thiazole rings is 1. The van der Waals surface area contributed by atoms with Gasteiger partial charge in [0.25, 0.3) is 5.91 Å². The molecule has 0 saturated carbocycles. The number of anilines is 2. The van der Waals surface area contributed by atoms with E-state index in [0.29, 0.717) is 16.4 Å². The number of likely N-dealkylation sites (N-methyl/N-ethyl adjacent to an activating group) is 1. The molecule has 0 atom stereocenters. The second kappa shape index (κ2) is 7.63. The van der Waals surface area contributed by atoms with Gasteiger partial charge >= 0.3 is 5.97 Å². The number of rotatable bonds is 4. The zero-order valence-electron chi connectivity index (χ0n) is 17.6. The third-order valence-corrected chi connectivity index (χ3v) is 6.01. The fourth-order valence-corrected chi connectivity index (χ4v) is 4.35. The van der Waals surface area contributed by atoms with E-state index in [0.717, 1.165) is 22.5 Å². The molecule has 31 heavy (non-hydrogen) atoms. The zero-order valence-corrected chi connectivity index (χ0v) is 18.4. The van der Waals surface area contributed by atoms with Gasteiger partial charge in [0.05, 0.1) is 11.1 Å². The van der Waals surface area contributed by atoms with E-state index < -0.39 is 11.4 Å². The molecule has 0 fully saturated rings. The third-order valence-electron chi connectivity index (χ3n) is 5.25. The molecule has 0 spiro atoms. The molecule has 1 aromatic heterocycles. The number of aromatic nitrogens is 1. The number of nitrogens with zero attached hydrogens (tertiary/aromatic N) is 2. The van der Waals surface area contributed by atoms with Crippen LogP contribution in [0.15, 0.2) is 47.8 Å². The van der Waals surface area contributed by atoms with Gasteiger partial charge in [-0.3, -0.25) is 19.7 Å². The lowest BCUT2D eigenvalue weighted by atomic mass is 9.85. The molecule has 1 aliphatic heterocycles. The lowest BCUT2D eigenvalue weighted by Crippen LogP contribution is -2.33. The largest absolute Gasteiger partial charge is 0.427 e. The van der Waals surface area contributed by atoms with Crippen LogP contribution in [0.2, 0.25) is 0 Å². The maximum atomic E-state index is 12.6. The van der Waals surface area contributed by atoms with Crippen LogP contribution >= 0.6 is 11.3 Å². The van der Waals surface area contributed by atoms with Gasteiger partial charge in [0.1, 0.15) is 5.75 Å². The topological polar surface area (TPSA) is 88.6 Å². The van der Waals surface area contributed by atoms with Gasteiger partial charge in [0, 0.05) is 36.2 Å². The number of ether oxygens (including phenoxy) is 1. The minimum Gasteiger partial charge on any atom is -0.427 e. The fraction of sp³-hybridized carbons (Fsp3) is 0.217. The van der Waals surface area contributed by atoms with E-state index in [1.165, 1.54) is 24.3 Å². The molecule has 0 aliphatic carbocycles. The lowest BCUT2D eigenvalue weighted by Gasteiger charge is -2.16. The first-order chi connectivity index (χ1) is 14.7. The molecule has 2 amide bonds. The first kappa shape index (κ1) is 20.7. The van der Waals surface area contributed by atoms with Crippen LogP contribution in [0.4, 0.5) is 10.8 Å². The van der Waals surface area contributed by atoms with Crippen LogP contribution in [0.5, 0.6) is 5.75 Å². The second-order valence-electron chi connectivity index (χ2n) is 7.83. The standard InChI is InChI=1S/C23H21N3O4S/c1-13(27)30-16-7-5-6-15(10-16)20(28)25-22-24-18(12-31-22)14-8-9-19-17(11-14)23(2,3)21(29)26(19)4/h5-12H,1-4H3,(H,24,25,28). The van der Waals surface area contributed by atoms with Crippen molar-refractivity contribution >= 4 is 39.9 Å². The summed E-state index contributed by atoms with van der Waals surface area (Å²) >= 11 is 1.31. The molecule has 2 heterocycles. The Morgan fingerprint density at radius 3 is 2.68 bits per heavy atom. The van der Waals surface area contributed by atoms with Gasteiger partial charge in [0.15, 0.2) is 5.13 Å². The SMILES string of the molecule is CC(=O)Oc1cccc(C(=O)Nc2nc(-c3ccc4c(c3)C(C)(C)C(=O)N4C)cs2)c1. The molecule has 1 N–H and O–H groups in total. The van der Waals surface area contributed by atoms with Crippen LogP contribution < -0.4 is 15.0 Å². The molecule has 0 unspecified atom stereocenters. The van der Waals surface area contributed by atoms with Crippen molar-refractivity contribution in [2.45, 2.75) is 26.2 Å². The number of fused-ring (bicyclic) bond motifs is 1.